The van der Waals surface area contributed by atoms with Crippen molar-refractivity contribution in [3.8, 4) is 28.1 Å². The molecule has 1 aliphatic rings. The van der Waals surface area contributed by atoms with Gasteiger partial charge in [-0.3, -0.25) is 0 Å². The van der Waals surface area contributed by atoms with Crippen LogP contribution in [0.4, 0.5) is 5.82 Å². The van der Waals surface area contributed by atoms with Gasteiger partial charge in [0.05, 0.1) is 11.1 Å². The topological polar surface area (TPSA) is 92.1 Å². The number of nitrogens with zero attached hydrogens (tertiary/aromatic N) is 3. The first-order valence-electron chi connectivity index (χ1n) is 12.4. The third-order valence-corrected chi connectivity index (χ3v) is 6.85. The number of aromatic amines is 1. The lowest BCUT2D eigenvalue weighted by molar-refractivity contribution is 0.261. The number of hydrogen-bond acceptors (Lipinski definition) is 6. The molecule has 0 spiro atoms. The number of anilines is 1. The second kappa shape index (κ2) is 10.5. The molecule has 0 bridgehead atoms. The summed E-state index contributed by atoms with van der Waals surface area (Å²) in [6.45, 7) is 2.35. The third kappa shape index (κ3) is 5.16. The normalized spacial score (nSPS) is 17.8. The third-order valence-electron chi connectivity index (χ3n) is 6.85. The Balaban J connectivity index is 1.51. The molecular formula is C28H34N6O. The minimum Gasteiger partial charge on any atom is -0.492 e. The van der Waals surface area contributed by atoms with Crippen molar-refractivity contribution in [2.75, 3.05) is 39.1 Å². The molecule has 4 N–H and O–H groups in total. The summed E-state index contributed by atoms with van der Waals surface area (Å²) >= 11 is 0. The van der Waals surface area contributed by atoms with E-state index in [0.717, 1.165) is 70.9 Å². The minimum absolute atomic E-state index is 0.258. The van der Waals surface area contributed by atoms with E-state index in [9.17, 15) is 0 Å². The molecular weight excluding hydrogens is 436 g/mol. The van der Waals surface area contributed by atoms with Crippen LogP contribution >= 0.6 is 0 Å². The van der Waals surface area contributed by atoms with E-state index >= 15 is 0 Å². The first-order valence-corrected chi connectivity index (χ1v) is 12.4. The quantitative estimate of drug-likeness (QED) is 0.326. The molecule has 0 amide bonds. The summed E-state index contributed by atoms with van der Waals surface area (Å²) in [5.74, 6) is 2.18. The zero-order valence-corrected chi connectivity index (χ0v) is 20.5. The Bertz CT molecular complexity index is 1250. The largest absolute Gasteiger partial charge is 0.492 e. The highest BCUT2D eigenvalue weighted by Crippen LogP contribution is 2.40. The van der Waals surface area contributed by atoms with Crippen LogP contribution in [0.1, 0.15) is 19.3 Å². The fourth-order valence-electron chi connectivity index (χ4n) is 4.88. The number of hydrogen-bond donors (Lipinski definition) is 3. The number of benzene rings is 2. The molecule has 5 rings (SSSR count). The van der Waals surface area contributed by atoms with Crippen molar-refractivity contribution in [1.82, 2.24) is 19.9 Å². The lowest BCUT2D eigenvalue weighted by atomic mass is 9.98. The zero-order valence-electron chi connectivity index (χ0n) is 20.5. The lowest BCUT2D eigenvalue weighted by Crippen LogP contribution is -2.29. The summed E-state index contributed by atoms with van der Waals surface area (Å²) in [5, 5.41) is 4.61. The van der Waals surface area contributed by atoms with Gasteiger partial charge in [0.25, 0.3) is 0 Å². The molecule has 0 radical (unpaired) electrons. The Morgan fingerprint density at radius 3 is 2.54 bits per heavy atom. The number of rotatable bonds is 9. The van der Waals surface area contributed by atoms with Gasteiger partial charge in [-0.05, 0) is 68.2 Å². The molecule has 7 heteroatoms. The average molecular weight is 471 g/mol. The van der Waals surface area contributed by atoms with Crippen LogP contribution in [0.15, 0.2) is 60.9 Å². The highest BCUT2D eigenvalue weighted by Gasteiger charge is 2.25. The maximum Gasteiger partial charge on any atom is 0.143 e. The van der Waals surface area contributed by atoms with E-state index < -0.39 is 0 Å². The van der Waals surface area contributed by atoms with Crippen LogP contribution in [0.3, 0.4) is 0 Å². The summed E-state index contributed by atoms with van der Waals surface area (Å²) in [5.41, 5.74) is 11.5. The Kier molecular flexibility index (Phi) is 6.97. The van der Waals surface area contributed by atoms with Gasteiger partial charge in [-0.1, -0.05) is 36.8 Å². The molecule has 4 aromatic rings. The number of H-pyrrole nitrogens is 1. The molecule has 1 aliphatic carbocycles. The van der Waals surface area contributed by atoms with Gasteiger partial charge in [0.1, 0.15) is 30.1 Å². The Morgan fingerprint density at radius 2 is 1.83 bits per heavy atom. The average Bonchev–Trinajstić information content (AvgIpc) is 3.47. The van der Waals surface area contributed by atoms with Crippen molar-refractivity contribution in [3.05, 3.63) is 60.9 Å². The lowest BCUT2D eigenvalue weighted by Gasteiger charge is -2.17. The summed E-state index contributed by atoms with van der Waals surface area (Å²) in [4.78, 5) is 14.9. The summed E-state index contributed by atoms with van der Waals surface area (Å²) in [6, 6.07) is 18.9. The van der Waals surface area contributed by atoms with E-state index in [2.05, 4.69) is 61.6 Å². The predicted molar refractivity (Wildman–Crippen MR) is 143 cm³/mol. The maximum absolute atomic E-state index is 6.32. The van der Waals surface area contributed by atoms with Crippen molar-refractivity contribution < 1.29 is 4.74 Å². The first-order chi connectivity index (χ1) is 17.1. The summed E-state index contributed by atoms with van der Waals surface area (Å²) in [7, 11) is 4.09. The van der Waals surface area contributed by atoms with Gasteiger partial charge in [0.15, 0.2) is 0 Å². The van der Waals surface area contributed by atoms with Gasteiger partial charge in [0.2, 0.25) is 0 Å². The summed E-state index contributed by atoms with van der Waals surface area (Å²) in [6.07, 6.45) is 5.08. The van der Waals surface area contributed by atoms with Crippen molar-refractivity contribution in [1.29, 1.82) is 0 Å². The summed E-state index contributed by atoms with van der Waals surface area (Å²) < 4.78 is 5.90. The number of nitrogens with one attached hydrogen (secondary N) is 2. The Labute approximate surface area is 206 Å². The molecule has 0 saturated heterocycles. The number of nitrogens with two attached hydrogens (primary N) is 1. The Hall–Kier alpha value is -3.42. The Morgan fingerprint density at radius 1 is 1.03 bits per heavy atom. The van der Waals surface area contributed by atoms with Gasteiger partial charge in [0, 0.05) is 24.7 Å². The number of ether oxygens (including phenoxy) is 1. The van der Waals surface area contributed by atoms with Crippen LogP contribution in [0, 0.1) is 5.92 Å². The maximum atomic E-state index is 6.32. The van der Waals surface area contributed by atoms with Crippen LogP contribution < -0.4 is 15.8 Å². The second-order valence-corrected chi connectivity index (χ2v) is 9.60. The van der Waals surface area contributed by atoms with E-state index in [1.807, 2.05) is 32.3 Å². The van der Waals surface area contributed by atoms with Crippen molar-refractivity contribution in [2.45, 2.75) is 25.3 Å². The zero-order chi connectivity index (χ0) is 24.2. The van der Waals surface area contributed by atoms with E-state index in [-0.39, 0.29) is 6.04 Å². The van der Waals surface area contributed by atoms with Gasteiger partial charge in [-0.2, -0.15) is 0 Å². The molecule has 2 aromatic carbocycles. The monoisotopic (exact) mass is 470 g/mol. The van der Waals surface area contributed by atoms with Crippen LogP contribution in [0.25, 0.3) is 33.4 Å². The fraction of sp³-hybridized carbons (Fsp3) is 0.357. The van der Waals surface area contributed by atoms with E-state index in [0.29, 0.717) is 12.5 Å². The highest BCUT2D eigenvalue weighted by atomic mass is 16.5. The molecule has 182 valence electrons. The van der Waals surface area contributed by atoms with E-state index in [4.69, 9.17) is 10.5 Å². The highest BCUT2D eigenvalue weighted by molar-refractivity contribution is 6.07. The van der Waals surface area contributed by atoms with Crippen molar-refractivity contribution in [2.24, 2.45) is 11.7 Å². The van der Waals surface area contributed by atoms with Crippen molar-refractivity contribution in [3.63, 3.8) is 0 Å². The predicted octanol–water partition coefficient (Wildman–Crippen LogP) is 4.77. The molecule has 1 saturated carbocycles. The van der Waals surface area contributed by atoms with Gasteiger partial charge < -0.3 is 25.7 Å². The fourth-order valence-corrected chi connectivity index (χ4v) is 4.88. The molecule has 35 heavy (non-hydrogen) atoms. The van der Waals surface area contributed by atoms with E-state index in [1.165, 1.54) is 6.42 Å². The van der Waals surface area contributed by atoms with Crippen LogP contribution in [-0.4, -0.2) is 59.7 Å². The van der Waals surface area contributed by atoms with Crippen LogP contribution in [0.5, 0.6) is 5.75 Å². The smallest absolute Gasteiger partial charge is 0.143 e. The van der Waals surface area contributed by atoms with Crippen molar-refractivity contribution >= 4 is 16.9 Å². The molecule has 2 heterocycles. The molecule has 0 aliphatic heterocycles. The number of likely N-dealkylation sites (N-methyl/N-ethyl adjacent to an activating group) is 1. The molecule has 1 fully saturated rings. The molecule has 2 aromatic heterocycles. The molecule has 2 atom stereocenters. The van der Waals surface area contributed by atoms with Gasteiger partial charge in [-0.25, -0.2) is 9.97 Å². The number of fused-ring (bicyclic) bond motifs is 1. The first kappa shape index (κ1) is 23.3. The number of aromatic nitrogens is 3. The van der Waals surface area contributed by atoms with E-state index in [1.54, 1.807) is 6.33 Å². The molecule has 0 unspecified atom stereocenters. The SMILES string of the molecule is CN(C)CCOc1ccc(-c2[nH]c3ncnc(NC[C@@H]4CCC[C@H]4N)c3c2-c2ccccc2)cc1. The molecule has 7 nitrogen and oxygen atoms in total. The second-order valence-electron chi connectivity index (χ2n) is 9.60. The van der Waals surface area contributed by atoms with Crippen LogP contribution in [-0.2, 0) is 0 Å². The van der Waals surface area contributed by atoms with Crippen LogP contribution in [0.2, 0.25) is 0 Å². The minimum atomic E-state index is 0.258. The van der Waals surface area contributed by atoms with Gasteiger partial charge >= 0.3 is 0 Å². The standard InChI is InChI=1S/C28H34N6O/c1-34(2)15-16-35-22-13-11-20(12-14-22)26-24(19-7-4-3-5-8-19)25-27(31-18-32-28(25)33-26)30-17-21-9-6-10-23(21)29/h3-5,7-8,11-14,18,21,23H,6,9-10,15-17,29H2,1-2H3,(H2,30,31,32,33)/t21-,23+/m0/s1. The van der Waals surface area contributed by atoms with Gasteiger partial charge in [-0.15, -0.1) is 0 Å².